The molecule has 0 radical (unpaired) electrons. The van der Waals surface area contributed by atoms with Gasteiger partial charge in [-0.15, -0.1) is 0 Å². The molecule has 19 heavy (non-hydrogen) atoms. The fraction of sp³-hybridized carbons (Fsp3) is 0.533. The normalized spacial score (nSPS) is 17.3. The van der Waals surface area contributed by atoms with Crippen molar-refractivity contribution in [2.45, 2.75) is 19.3 Å². The van der Waals surface area contributed by atoms with E-state index in [-0.39, 0.29) is 17.6 Å². The van der Waals surface area contributed by atoms with Gasteiger partial charge in [0, 0.05) is 12.5 Å². The molecule has 1 aromatic carbocycles. The molecule has 4 nitrogen and oxygen atoms in total. The third kappa shape index (κ3) is 4.24. The summed E-state index contributed by atoms with van der Waals surface area (Å²) in [7, 11) is 2.10. The maximum atomic E-state index is 12.0. The van der Waals surface area contributed by atoms with Gasteiger partial charge in [0.1, 0.15) is 5.75 Å². The van der Waals surface area contributed by atoms with E-state index >= 15 is 0 Å². The van der Waals surface area contributed by atoms with Crippen LogP contribution in [0.4, 0.5) is 0 Å². The second-order valence-electron chi connectivity index (χ2n) is 5.29. The molecule has 1 heterocycles. The Balaban J connectivity index is 1.70. The summed E-state index contributed by atoms with van der Waals surface area (Å²) in [6.45, 7) is 2.68. The van der Waals surface area contributed by atoms with Crippen molar-refractivity contribution in [3.63, 3.8) is 0 Å². The number of hydrogen-bond acceptors (Lipinski definition) is 3. The molecule has 1 amide bonds. The molecule has 1 aliphatic rings. The molecule has 0 unspecified atom stereocenters. The van der Waals surface area contributed by atoms with Crippen LogP contribution >= 0.6 is 0 Å². The van der Waals surface area contributed by atoms with Crippen molar-refractivity contribution in [3.05, 3.63) is 29.8 Å². The molecule has 0 aliphatic carbocycles. The van der Waals surface area contributed by atoms with E-state index in [0.29, 0.717) is 6.54 Å². The SMILES string of the molecule is CN1CCC(C(=O)NCCc2ccc(O)cc2)CC1. The Bertz CT molecular complexity index is 409. The number of nitrogens with one attached hydrogen (secondary N) is 1. The van der Waals surface area contributed by atoms with E-state index in [1.165, 1.54) is 0 Å². The number of phenols is 1. The average Bonchev–Trinajstić information content (AvgIpc) is 2.41. The minimum Gasteiger partial charge on any atom is -0.508 e. The Morgan fingerprint density at radius 2 is 1.95 bits per heavy atom. The van der Waals surface area contributed by atoms with Crippen LogP contribution in [0.2, 0.25) is 0 Å². The lowest BCUT2D eigenvalue weighted by Crippen LogP contribution is -2.39. The molecule has 2 rings (SSSR count). The summed E-state index contributed by atoms with van der Waals surface area (Å²) >= 11 is 0. The molecule has 104 valence electrons. The van der Waals surface area contributed by atoms with Gasteiger partial charge in [0.2, 0.25) is 5.91 Å². The minimum absolute atomic E-state index is 0.177. The van der Waals surface area contributed by atoms with Crippen LogP contribution in [0.5, 0.6) is 5.75 Å². The molecule has 0 bridgehead atoms. The summed E-state index contributed by atoms with van der Waals surface area (Å²) in [5, 5.41) is 12.2. The summed E-state index contributed by atoms with van der Waals surface area (Å²) in [5.74, 6) is 0.641. The minimum atomic E-state index is 0.177. The van der Waals surface area contributed by atoms with Crippen LogP contribution in [-0.4, -0.2) is 42.6 Å². The summed E-state index contributed by atoms with van der Waals surface area (Å²) in [5.41, 5.74) is 1.13. The van der Waals surface area contributed by atoms with Crippen molar-refractivity contribution >= 4 is 5.91 Å². The number of rotatable bonds is 4. The predicted molar refractivity (Wildman–Crippen MR) is 75.0 cm³/mol. The fourth-order valence-electron chi connectivity index (χ4n) is 2.41. The molecule has 0 atom stereocenters. The number of nitrogens with zero attached hydrogens (tertiary/aromatic N) is 1. The second kappa shape index (κ2) is 6.57. The summed E-state index contributed by atoms with van der Waals surface area (Å²) in [6, 6.07) is 7.12. The third-order valence-corrected chi connectivity index (χ3v) is 3.74. The largest absolute Gasteiger partial charge is 0.508 e. The van der Waals surface area contributed by atoms with E-state index in [9.17, 15) is 9.90 Å². The number of carbonyl (C=O) groups excluding carboxylic acids is 1. The van der Waals surface area contributed by atoms with Gasteiger partial charge in [0.15, 0.2) is 0 Å². The summed E-state index contributed by atoms with van der Waals surface area (Å²) in [6.07, 6.45) is 2.72. The highest BCUT2D eigenvalue weighted by atomic mass is 16.3. The molecule has 0 aromatic heterocycles. The lowest BCUT2D eigenvalue weighted by molar-refractivity contribution is -0.126. The molecular formula is C15H22N2O2. The van der Waals surface area contributed by atoms with Gasteiger partial charge in [-0.25, -0.2) is 0 Å². The number of aromatic hydroxyl groups is 1. The Labute approximate surface area is 114 Å². The van der Waals surface area contributed by atoms with Crippen molar-refractivity contribution in [3.8, 4) is 5.75 Å². The van der Waals surface area contributed by atoms with E-state index in [4.69, 9.17) is 0 Å². The molecule has 1 aliphatic heterocycles. The number of hydrogen-bond donors (Lipinski definition) is 2. The highest BCUT2D eigenvalue weighted by Crippen LogP contribution is 2.16. The standard InChI is InChI=1S/C15H22N2O2/c1-17-10-7-13(8-11-17)15(19)16-9-6-12-2-4-14(18)5-3-12/h2-5,13,18H,6-11H2,1H3,(H,16,19). The summed E-state index contributed by atoms with van der Waals surface area (Å²) in [4.78, 5) is 14.2. The lowest BCUT2D eigenvalue weighted by Gasteiger charge is -2.28. The van der Waals surface area contributed by atoms with E-state index in [1.807, 2.05) is 12.1 Å². The Morgan fingerprint density at radius 1 is 1.32 bits per heavy atom. The molecule has 1 saturated heterocycles. The highest BCUT2D eigenvalue weighted by Gasteiger charge is 2.22. The third-order valence-electron chi connectivity index (χ3n) is 3.74. The topological polar surface area (TPSA) is 52.6 Å². The number of likely N-dealkylation sites (tertiary alicyclic amines) is 1. The maximum absolute atomic E-state index is 12.0. The molecule has 1 aromatic rings. The van der Waals surface area contributed by atoms with Crippen molar-refractivity contribution < 1.29 is 9.90 Å². The fourth-order valence-corrected chi connectivity index (χ4v) is 2.41. The molecule has 4 heteroatoms. The second-order valence-corrected chi connectivity index (χ2v) is 5.29. The Hall–Kier alpha value is -1.55. The van der Waals surface area contributed by atoms with Crippen LogP contribution < -0.4 is 5.32 Å². The van der Waals surface area contributed by atoms with E-state index in [2.05, 4.69) is 17.3 Å². The zero-order chi connectivity index (χ0) is 13.7. The van der Waals surface area contributed by atoms with Gasteiger partial charge >= 0.3 is 0 Å². The van der Waals surface area contributed by atoms with Gasteiger partial charge in [-0.1, -0.05) is 12.1 Å². The first kappa shape index (κ1) is 13.9. The van der Waals surface area contributed by atoms with Crippen LogP contribution in [-0.2, 0) is 11.2 Å². The molecular weight excluding hydrogens is 240 g/mol. The molecule has 0 saturated carbocycles. The predicted octanol–water partition coefficient (Wildman–Crippen LogP) is 1.39. The first-order chi connectivity index (χ1) is 9.15. The molecule has 2 N–H and O–H groups in total. The quantitative estimate of drug-likeness (QED) is 0.862. The Morgan fingerprint density at radius 3 is 2.58 bits per heavy atom. The van der Waals surface area contributed by atoms with Crippen LogP contribution in [0.25, 0.3) is 0 Å². The van der Waals surface area contributed by atoms with Gasteiger partial charge < -0.3 is 15.3 Å². The zero-order valence-corrected chi connectivity index (χ0v) is 11.4. The van der Waals surface area contributed by atoms with Gasteiger partial charge in [0.05, 0.1) is 0 Å². The van der Waals surface area contributed by atoms with Gasteiger partial charge in [-0.2, -0.15) is 0 Å². The number of phenolic OH excluding ortho intramolecular Hbond substituents is 1. The first-order valence-corrected chi connectivity index (χ1v) is 6.89. The molecule has 0 spiro atoms. The Kier molecular flexibility index (Phi) is 4.80. The van der Waals surface area contributed by atoms with Crippen molar-refractivity contribution in [2.75, 3.05) is 26.7 Å². The van der Waals surface area contributed by atoms with Crippen molar-refractivity contribution in [1.29, 1.82) is 0 Å². The smallest absolute Gasteiger partial charge is 0.223 e. The van der Waals surface area contributed by atoms with Gasteiger partial charge in [-0.05, 0) is 57.1 Å². The van der Waals surface area contributed by atoms with Gasteiger partial charge in [0.25, 0.3) is 0 Å². The maximum Gasteiger partial charge on any atom is 0.223 e. The summed E-state index contributed by atoms with van der Waals surface area (Å²) < 4.78 is 0. The van der Waals surface area contributed by atoms with E-state index < -0.39 is 0 Å². The van der Waals surface area contributed by atoms with Crippen LogP contribution in [0.3, 0.4) is 0 Å². The lowest BCUT2D eigenvalue weighted by atomic mass is 9.96. The van der Waals surface area contributed by atoms with Gasteiger partial charge in [-0.3, -0.25) is 4.79 Å². The zero-order valence-electron chi connectivity index (χ0n) is 11.4. The monoisotopic (exact) mass is 262 g/mol. The van der Waals surface area contributed by atoms with Crippen molar-refractivity contribution in [1.82, 2.24) is 10.2 Å². The van der Waals surface area contributed by atoms with Crippen LogP contribution in [0.15, 0.2) is 24.3 Å². The average molecular weight is 262 g/mol. The van der Waals surface area contributed by atoms with Crippen molar-refractivity contribution in [2.24, 2.45) is 5.92 Å². The first-order valence-electron chi connectivity index (χ1n) is 6.89. The van der Waals surface area contributed by atoms with Crippen LogP contribution in [0, 0.1) is 5.92 Å². The molecule has 1 fully saturated rings. The number of amides is 1. The number of benzene rings is 1. The highest BCUT2D eigenvalue weighted by molar-refractivity contribution is 5.78. The number of carbonyl (C=O) groups is 1. The van der Waals surface area contributed by atoms with E-state index in [1.54, 1.807) is 12.1 Å². The number of piperidine rings is 1. The van der Waals surface area contributed by atoms with E-state index in [0.717, 1.165) is 37.9 Å². The van der Waals surface area contributed by atoms with Crippen LogP contribution in [0.1, 0.15) is 18.4 Å².